The summed E-state index contributed by atoms with van der Waals surface area (Å²) in [7, 11) is 0. The number of nitrogens with one attached hydrogen (secondary N) is 1. The van der Waals surface area contributed by atoms with Crippen LogP contribution in [0.4, 0.5) is 5.69 Å². The number of hydrogen-bond donors (Lipinski definition) is 2. The van der Waals surface area contributed by atoms with E-state index in [1.54, 1.807) is 0 Å². The maximum Gasteiger partial charge on any atom is 0.329 e. The maximum absolute atomic E-state index is 12.8. The van der Waals surface area contributed by atoms with Gasteiger partial charge in [0.15, 0.2) is 0 Å². The highest BCUT2D eigenvalue weighted by Crippen LogP contribution is 2.56. The molecule has 2 aromatic carbocycles. The summed E-state index contributed by atoms with van der Waals surface area (Å²) in [4.78, 5) is 17.4. The fourth-order valence-corrected chi connectivity index (χ4v) is 8.60. The molecule has 3 aliphatic carbocycles. The molecule has 5 nitrogen and oxygen atoms in total. The molecule has 6 heteroatoms. The van der Waals surface area contributed by atoms with Crippen molar-refractivity contribution >= 4 is 23.3 Å². The Balaban J connectivity index is 1.20. The van der Waals surface area contributed by atoms with Crippen LogP contribution < -0.4 is 10.1 Å². The molecule has 1 heterocycles. The minimum absolute atomic E-state index is 0.0138. The number of aromatic nitrogens is 1. The molecule has 6 rings (SSSR count). The summed E-state index contributed by atoms with van der Waals surface area (Å²) in [6.45, 7) is 7.26. The third-order valence-electron chi connectivity index (χ3n) is 10.4. The molecular formula is C36H43ClN2O3. The van der Waals surface area contributed by atoms with Gasteiger partial charge in [-0.15, -0.1) is 0 Å². The number of carbonyl (C=O) groups is 1. The zero-order valence-electron chi connectivity index (χ0n) is 25.1. The average Bonchev–Trinajstić information content (AvgIpc) is 3.25. The molecule has 0 radical (unpaired) electrons. The van der Waals surface area contributed by atoms with Gasteiger partial charge in [-0.25, -0.2) is 4.79 Å². The van der Waals surface area contributed by atoms with E-state index in [2.05, 4.69) is 48.4 Å². The molecule has 1 aromatic heterocycles. The van der Waals surface area contributed by atoms with E-state index in [1.807, 2.05) is 37.4 Å². The zero-order chi connectivity index (χ0) is 29.5. The number of fused-ring (bicyclic) bond motifs is 3. The molecule has 3 aliphatic rings. The Morgan fingerprint density at radius 2 is 1.95 bits per heavy atom. The molecule has 222 valence electrons. The van der Waals surface area contributed by atoms with Crippen molar-refractivity contribution in [2.24, 2.45) is 11.8 Å². The van der Waals surface area contributed by atoms with E-state index in [9.17, 15) is 9.90 Å². The lowest BCUT2D eigenvalue weighted by atomic mass is 9.59. The first-order chi connectivity index (χ1) is 20.2. The largest absolute Gasteiger partial charge is 0.493 e. The first-order valence-corrected chi connectivity index (χ1v) is 16.0. The number of benzene rings is 2. The van der Waals surface area contributed by atoms with Crippen molar-refractivity contribution in [1.82, 2.24) is 4.98 Å². The molecule has 1 fully saturated rings. The van der Waals surface area contributed by atoms with Crippen molar-refractivity contribution in [3.05, 3.63) is 87.7 Å². The number of nitrogens with zero attached hydrogens (tertiary/aromatic N) is 1. The quantitative estimate of drug-likeness (QED) is 0.277. The molecule has 1 spiro atoms. The zero-order valence-corrected chi connectivity index (χ0v) is 25.8. The van der Waals surface area contributed by atoms with Crippen LogP contribution in [-0.2, 0) is 23.1 Å². The molecule has 3 atom stereocenters. The van der Waals surface area contributed by atoms with E-state index in [-0.39, 0.29) is 5.41 Å². The van der Waals surface area contributed by atoms with Gasteiger partial charge in [-0.3, -0.25) is 4.98 Å². The van der Waals surface area contributed by atoms with Crippen LogP contribution in [0.15, 0.2) is 54.7 Å². The number of halogens is 1. The van der Waals surface area contributed by atoms with Crippen LogP contribution in [-0.4, -0.2) is 28.2 Å². The summed E-state index contributed by atoms with van der Waals surface area (Å²) in [5.74, 6) is 1.55. The van der Waals surface area contributed by atoms with Crippen molar-refractivity contribution in [2.45, 2.75) is 95.4 Å². The number of hydrogen-bond acceptors (Lipinski definition) is 4. The van der Waals surface area contributed by atoms with Crippen molar-refractivity contribution in [1.29, 1.82) is 0 Å². The minimum Gasteiger partial charge on any atom is -0.493 e. The summed E-state index contributed by atoms with van der Waals surface area (Å²) in [6, 6.07) is 16.6. The average molecular weight is 587 g/mol. The Morgan fingerprint density at radius 3 is 2.71 bits per heavy atom. The highest BCUT2D eigenvalue weighted by molar-refractivity contribution is 6.30. The molecule has 2 N–H and O–H groups in total. The molecule has 0 amide bonds. The minimum atomic E-state index is -1.00. The Bertz CT molecular complexity index is 1440. The first kappa shape index (κ1) is 29.0. The Labute approximate surface area is 255 Å². The highest BCUT2D eigenvalue weighted by Gasteiger charge is 2.54. The molecule has 1 unspecified atom stereocenters. The Hall–Kier alpha value is -3.05. The number of ether oxygens (including phenoxy) is 1. The SMILES string of the molecule is Cc1cc(Cl)cc(NC2(C(=O)O)CCC3(CC2)c2ccccc2CC3C[C@@H](C)COc2ccnc3c2[C@H](C)CCC3)c1. The normalized spacial score (nSPS) is 27.2. The number of aliphatic carboxylic acids is 1. The van der Waals surface area contributed by atoms with Crippen molar-refractivity contribution in [3.8, 4) is 5.75 Å². The summed E-state index contributed by atoms with van der Waals surface area (Å²) < 4.78 is 6.51. The van der Waals surface area contributed by atoms with Crippen LogP contribution in [0.3, 0.4) is 0 Å². The van der Waals surface area contributed by atoms with Crippen molar-refractivity contribution < 1.29 is 14.6 Å². The number of rotatable bonds is 8. The topological polar surface area (TPSA) is 71.5 Å². The van der Waals surface area contributed by atoms with E-state index in [0.29, 0.717) is 42.2 Å². The van der Waals surface area contributed by atoms with E-state index in [4.69, 9.17) is 16.3 Å². The van der Waals surface area contributed by atoms with Crippen LogP contribution in [0.1, 0.15) is 92.7 Å². The predicted molar refractivity (Wildman–Crippen MR) is 169 cm³/mol. The van der Waals surface area contributed by atoms with E-state index < -0.39 is 11.5 Å². The van der Waals surface area contributed by atoms with Gasteiger partial charge in [-0.2, -0.15) is 0 Å². The lowest BCUT2D eigenvalue weighted by Gasteiger charge is -2.47. The van der Waals surface area contributed by atoms with E-state index >= 15 is 0 Å². The van der Waals surface area contributed by atoms with Gasteiger partial charge in [0, 0.05) is 28.2 Å². The summed E-state index contributed by atoms with van der Waals surface area (Å²) >= 11 is 6.32. The van der Waals surface area contributed by atoms with Gasteiger partial charge >= 0.3 is 5.97 Å². The fourth-order valence-electron chi connectivity index (χ4n) is 8.31. The molecule has 3 aromatic rings. The summed E-state index contributed by atoms with van der Waals surface area (Å²) in [5, 5.41) is 14.5. The maximum atomic E-state index is 12.8. The molecule has 1 saturated carbocycles. The number of aryl methyl sites for hydroxylation is 2. The second-order valence-corrected chi connectivity index (χ2v) is 13.8. The highest BCUT2D eigenvalue weighted by atomic mass is 35.5. The molecule has 42 heavy (non-hydrogen) atoms. The Morgan fingerprint density at radius 1 is 1.17 bits per heavy atom. The molecule has 0 saturated heterocycles. The van der Waals surface area contributed by atoms with Gasteiger partial charge in [-0.1, -0.05) is 49.7 Å². The van der Waals surface area contributed by atoms with Crippen LogP contribution >= 0.6 is 11.6 Å². The van der Waals surface area contributed by atoms with Crippen LogP contribution in [0.5, 0.6) is 5.75 Å². The number of carboxylic acids is 1. The van der Waals surface area contributed by atoms with Gasteiger partial charge in [0.2, 0.25) is 0 Å². The second kappa shape index (κ2) is 11.6. The van der Waals surface area contributed by atoms with Gasteiger partial charge in [0.1, 0.15) is 11.3 Å². The van der Waals surface area contributed by atoms with Gasteiger partial charge in [-0.05, 0) is 129 Å². The lowest BCUT2D eigenvalue weighted by Crippen LogP contribution is -2.53. The van der Waals surface area contributed by atoms with Crippen LogP contribution in [0, 0.1) is 18.8 Å². The summed E-state index contributed by atoms with van der Waals surface area (Å²) in [5.41, 5.74) is 6.14. The lowest BCUT2D eigenvalue weighted by molar-refractivity contribution is -0.144. The van der Waals surface area contributed by atoms with Gasteiger partial charge in [0.25, 0.3) is 0 Å². The smallest absolute Gasteiger partial charge is 0.329 e. The third-order valence-corrected chi connectivity index (χ3v) is 10.6. The van der Waals surface area contributed by atoms with Crippen LogP contribution in [0.2, 0.25) is 5.02 Å². The summed E-state index contributed by atoms with van der Waals surface area (Å²) in [6.07, 6.45) is 10.3. The predicted octanol–water partition coefficient (Wildman–Crippen LogP) is 8.51. The van der Waals surface area contributed by atoms with E-state index in [0.717, 1.165) is 49.1 Å². The molecular weight excluding hydrogens is 544 g/mol. The Kier molecular flexibility index (Phi) is 7.99. The first-order valence-electron chi connectivity index (χ1n) is 15.7. The van der Waals surface area contributed by atoms with Crippen molar-refractivity contribution in [2.75, 3.05) is 11.9 Å². The molecule has 0 aliphatic heterocycles. The van der Waals surface area contributed by atoms with Crippen LogP contribution in [0.25, 0.3) is 0 Å². The van der Waals surface area contributed by atoms with Crippen molar-refractivity contribution in [3.63, 3.8) is 0 Å². The van der Waals surface area contributed by atoms with E-state index in [1.165, 1.54) is 35.2 Å². The standard InChI is InChI=1S/C36H43ClN2O3/c1-23-18-28(37)21-29(19-23)39-36(34(40)41)14-12-35(13-15-36)27(20-26-8-4-5-9-30(26)35)17-24(2)22-42-32-11-16-38-31-10-6-7-25(3)33(31)32/h4-5,8-9,11,16,18-19,21,24-25,27,39H,6-7,10,12-15,17,20,22H2,1-3H3,(H,40,41)/t24-,25-,27?,35?,36?/m1/s1. The molecule has 0 bridgehead atoms. The third kappa shape index (κ3) is 5.41. The second-order valence-electron chi connectivity index (χ2n) is 13.4. The fraction of sp³-hybridized carbons (Fsp3) is 0.500. The van der Waals surface area contributed by atoms with Gasteiger partial charge in [0.05, 0.1) is 6.61 Å². The van der Waals surface area contributed by atoms with Gasteiger partial charge < -0.3 is 15.2 Å². The number of carboxylic acid groups (broad SMARTS) is 1. The monoisotopic (exact) mass is 586 g/mol. The number of pyridine rings is 1. The number of anilines is 1.